The number of carbonyl (C=O) groups excluding carboxylic acids is 1. The Balaban J connectivity index is 1.55. The van der Waals surface area contributed by atoms with Crippen molar-refractivity contribution < 1.29 is 18.3 Å². The van der Waals surface area contributed by atoms with Gasteiger partial charge in [0.05, 0.1) is 21.2 Å². The number of piperidine rings is 1. The summed E-state index contributed by atoms with van der Waals surface area (Å²) in [4.78, 5) is 20.0. The number of benzene rings is 2. The molecule has 0 aliphatic carbocycles. The number of hydrogen-bond acceptors (Lipinski definition) is 6. The van der Waals surface area contributed by atoms with Crippen LogP contribution in [-0.2, 0) is 20.7 Å². The van der Waals surface area contributed by atoms with Gasteiger partial charge in [-0.25, -0.2) is 13.4 Å². The van der Waals surface area contributed by atoms with Gasteiger partial charge in [0.15, 0.2) is 9.84 Å². The molecule has 1 amide bonds. The summed E-state index contributed by atoms with van der Waals surface area (Å²) in [7, 11) is -3.49. The smallest absolute Gasteiger partial charge is 0.255 e. The monoisotopic (exact) mass is 554 g/mol. The summed E-state index contributed by atoms with van der Waals surface area (Å²) in [5.41, 5.74) is 3.54. The van der Waals surface area contributed by atoms with Gasteiger partial charge in [-0.15, -0.1) is 11.3 Å². The maximum atomic E-state index is 13.2. The predicted octanol–water partition coefficient (Wildman–Crippen LogP) is 6.53. The van der Waals surface area contributed by atoms with Gasteiger partial charge in [0.25, 0.3) is 5.91 Å². The SMILES string of the molecule is CC(C)(C)c1cc(-c2csc(C3CCN(C(=O)c4ccccc4S(C)(=O)=O)CC3)n2)cc(C(C)(C)C)c1O. The number of rotatable bonds is 4. The van der Waals surface area contributed by atoms with E-state index in [1.165, 1.54) is 6.07 Å². The molecule has 8 heteroatoms. The second-order valence-corrected chi connectivity index (χ2v) is 15.2. The van der Waals surface area contributed by atoms with Crippen LogP contribution < -0.4 is 0 Å². The highest BCUT2D eigenvalue weighted by molar-refractivity contribution is 7.90. The van der Waals surface area contributed by atoms with Crippen molar-refractivity contribution in [3.05, 3.63) is 63.5 Å². The molecule has 0 atom stereocenters. The first-order valence-electron chi connectivity index (χ1n) is 13.0. The van der Waals surface area contributed by atoms with E-state index < -0.39 is 9.84 Å². The van der Waals surface area contributed by atoms with Gasteiger partial charge in [-0.05, 0) is 47.9 Å². The summed E-state index contributed by atoms with van der Waals surface area (Å²) in [6, 6.07) is 10.5. The van der Waals surface area contributed by atoms with Crippen LogP contribution in [0.4, 0.5) is 0 Å². The minimum atomic E-state index is -3.49. The lowest BCUT2D eigenvalue weighted by Gasteiger charge is -2.31. The lowest BCUT2D eigenvalue weighted by Crippen LogP contribution is -2.38. The highest BCUT2D eigenvalue weighted by atomic mass is 32.2. The van der Waals surface area contributed by atoms with Crippen LogP contribution in [0.1, 0.15) is 86.8 Å². The zero-order chi connectivity index (χ0) is 28.0. The molecule has 1 aromatic heterocycles. The van der Waals surface area contributed by atoms with E-state index in [-0.39, 0.29) is 33.1 Å². The molecule has 0 unspecified atom stereocenters. The Morgan fingerprint density at radius 3 is 2.08 bits per heavy atom. The molecule has 2 aromatic carbocycles. The van der Waals surface area contributed by atoms with E-state index in [1.807, 2.05) is 0 Å². The Labute approximate surface area is 230 Å². The molecule has 1 saturated heterocycles. The average Bonchev–Trinajstić information content (AvgIpc) is 3.32. The molecule has 0 bridgehead atoms. The largest absolute Gasteiger partial charge is 0.507 e. The minimum Gasteiger partial charge on any atom is -0.507 e. The van der Waals surface area contributed by atoms with Crippen LogP contribution >= 0.6 is 11.3 Å². The second kappa shape index (κ2) is 10.1. The van der Waals surface area contributed by atoms with E-state index in [2.05, 4.69) is 59.1 Å². The number of hydrogen-bond donors (Lipinski definition) is 1. The molecule has 0 saturated carbocycles. The zero-order valence-electron chi connectivity index (χ0n) is 23.3. The van der Waals surface area contributed by atoms with Gasteiger partial charge in [-0.2, -0.15) is 0 Å². The van der Waals surface area contributed by atoms with E-state index in [1.54, 1.807) is 34.4 Å². The highest BCUT2D eigenvalue weighted by Gasteiger charge is 2.30. The fourth-order valence-corrected chi connectivity index (χ4v) is 6.88. The molecule has 1 aliphatic heterocycles. The minimum absolute atomic E-state index is 0.0786. The molecular weight excluding hydrogens is 516 g/mol. The van der Waals surface area contributed by atoms with Crippen molar-refractivity contribution in [2.24, 2.45) is 0 Å². The predicted molar refractivity (Wildman–Crippen MR) is 154 cm³/mol. The number of nitrogens with zero attached hydrogens (tertiary/aromatic N) is 2. The second-order valence-electron chi connectivity index (χ2n) is 12.3. The molecule has 1 aliphatic rings. The van der Waals surface area contributed by atoms with Crippen LogP contribution in [0.25, 0.3) is 11.3 Å². The lowest BCUT2D eigenvalue weighted by atomic mass is 9.78. The summed E-state index contributed by atoms with van der Waals surface area (Å²) >= 11 is 1.64. The Morgan fingerprint density at radius 2 is 1.55 bits per heavy atom. The van der Waals surface area contributed by atoms with Crippen LogP contribution in [0, 0.1) is 0 Å². The standard InChI is InChI=1S/C30H38N2O4S2/c1-29(2,3)22-16-20(17-23(26(22)33)30(4,5)6)24-18-37-27(31-24)19-12-14-32(15-13-19)28(34)21-10-8-9-11-25(21)38(7,35)36/h8-11,16-19,33H,12-15H2,1-7H3. The van der Waals surface area contributed by atoms with Gasteiger partial charge in [0.1, 0.15) is 5.75 Å². The number of aromatic nitrogens is 1. The first kappa shape index (κ1) is 28.3. The third-order valence-corrected chi connectivity index (χ3v) is 9.35. The van der Waals surface area contributed by atoms with Crippen LogP contribution in [0.5, 0.6) is 5.75 Å². The summed E-state index contributed by atoms with van der Waals surface area (Å²) in [5.74, 6) is 0.362. The van der Waals surface area contributed by atoms with E-state index in [0.29, 0.717) is 18.8 Å². The van der Waals surface area contributed by atoms with Crippen LogP contribution in [0.2, 0.25) is 0 Å². The molecule has 38 heavy (non-hydrogen) atoms. The third-order valence-electron chi connectivity index (χ3n) is 7.19. The Hall–Kier alpha value is -2.71. The topological polar surface area (TPSA) is 87.6 Å². The molecular formula is C30H38N2O4S2. The van der Waals surface area contributed by atoms with Gasteiger partial charge in [-0.3, -0.25) is 4.79 Å². The highest BCUT2D eigenvalue weighted by Crippen LogP contribution is 2.42. The van der Waals surface area contributed by atoms with E-state index >= 15 is 0 Å². The van der Waals surface area contributed by atoms with Crippen molar-refractivity contribution in [2.45, 2.75) is 76.0 Å². The van der Waals surface area contributed by atoms with E-state index in [0.717, 1.165) is 46.5 Å². The van der Waals surface area contributed by atoms with Crippen molar-refractivity contribution in [1.82, 2.24) is 9.88 Å². The Kier molecular flexibility index (Phi) is 7.53. The lowest BCUT2D eigenvalue weighted by molar-refractivity contribution is 0.0709. The normalized spacial score (nSPS) is 15.6. The summed E-state index contributed by atoms with van der Waals surface area (Å²) in [6.45, 7) is 13.7. The fraction of sp³-hybridized carbons (Fsp3) is 0.467. The summed E-state index contributed by atoms with van der Waals surface area (Å²) in [6.07, 6.45) is 2.68. The summed E-state index contributed by atoms with van der Waals surface area (Å²) in [5, 5.41) is 14.2. The van der Waals surface area contributed by atoms with E-state index in [4.69, 9.17) is 4.98 Å². The number of thiazole rings is 1. The summed E-state index contributed by atoms with van der Waals surface area (Å²) < 4.78 is 24.4. The maximum absolute atomic E-state index is 13.2. The number of carbonyl (C=O) groups is 1. The molecule has 1 fully saturated rings. The third kappa shape index (κ3) is 5.81. The zero-order valence-corrected chi connectivity index (χ0v) is 25.0. The van der Waals surface area contributed by atoms with Crippen LogP contribution in [0.3, 0.4) is 0 Å². The van der Waals surface area contributed by atoms with Crippen molar-refractivity contribution >= 4 is 27.1 Å². The fourth-order valence-electron chi connectivity index (χ4n) is 5.00. The van der Waals surface area contributed by atoms with Gasteiger partial charge >= 0.3 is 0 Å². The Morgan fingerprint density at radius 1 is 1.00 bits per heavy atom. The number of likely N-dealkylation sites (tertiary alicyclic amines) is 1. The maximum Gasteiger partial charge on any atom is 0.255 e. The first-order chi connectivity index (χ1) is 17.6. The molecule has 2 heterocycles. The number of amides is 1. The molecule has 0 radical (unpaired) electrons. The number of phenolic OH excluding ortho intramolecular Hbond substituents is 1. The van der Waals surface area contributed by atoms with E-state index in [9.17, 15) is 18.3 Å². The van der Waals surface area contributed by atoms with Crippen LogP contribution in [-0.4, -0.2) is 48.7 Å². The van der Waals surface area contributed by atoms with Gasteiger partial charge < -0.3 is 10.0 Å². The molecule has 1 N–H and O–H groups in total. The average molecular weight is 555 g/mol. The van der Waals surface area contributed by atoms with Crippen molar-refractivity contribution in [3.63, 3.8) is 0 Å². The van der Waals surface area contributed by atoms with Gasteiger partial charge in [-0.1, -0.05) is 53.7 Å². The van der Waals surface area contributed by atoms with Crippen molar-refractivity contribution in [1.29, 1.82) is 0 Å². The molecule has 6 nitrogen and oxygen atoms in total. The van der Waals surface area contributed by atoms with Crippen molar-refractivity contribution in [2.75, 3.05) is 19.3 Å². The molecule has 0 spiro atoms. The Bertz CT molecular complexity index is 1420. The molecule has 4 rings (SSSR count). The van der Waals surface area contributed by atoms with Gasteiger partial charge in [0, 0.05) is 47.3 Å². The first-order valence-corrected chi connectivity index (χ1v) is 15.8. The quantitative estimate of drug-likeness (QED) is 0.396. The number of sulfone groups is 1. The molecule has 204 valence electrons. The van der Waals surface area contributed by atoms with Gasteiger partial charge in [0.2, 0.25) is 0 Å². The number of aromatic hydroxyl groups is 1. The number of phenols is 1. The molecule has 3 aromatic rings. The van der Waals surface area contributed by atoms with Crippen LogP contribution in [0.15, 0.2) is 46.7 Å². The van der Waals surface area contributed by atoms with Crippen molar-refractivity contribution in [3.8, 4) is 17.0 Å².